The van der Waals surface area contributed by atoms with Gasteiger partial charge in [-0.15, -0.1) is 0 Å². The Morgan fingerprint density at radius 3 is 2.52 bits per heavy atom. The van der Waals surface area contributed by atoms with Crippen molar-refractivity contribution in [3.8, 4) is 5.75 Å². The van der Waals surface area contributed by atoms with Crippen LogP contribution in [0.25, 0.3) is 0 Å². The molecule has 2 atom stereocenters. The maximum absolute atomic E-state index is 13.3. The summed E-state index contributed by atoms with van der Waals surface area (Å²) in [5.74, 6) is -0.389. The molecule has 1 aliphatic heterocycles. The van der Waals surface area contributed by atoms with E-state index in [0.717, 1.165) is 16.7 Å². The van der Waals surface area contributed by atoms with Crippen LogP contribution in [0, 0.1) is 18.7 Å². The highest BCUT2D eigenvalue weighted by Crippen LogP contribution is 2.35. The highest BCUT2D eigenvalue weighted by molar-refractivity contribution is 5.96. The summed E-state index contributed by atoms with van der Waals surface area (Å²) in [5.41, 5.74) is 3.32. The van der Waals surface area contributed by atoms with E-state index < -0.39 is 5.92 Å². The molecule has 170 valence electrons. The van der Waals surface area contributed by atoms with Crippen molar-refractivity contribution in [2.75, 3.05) is 20.2 Å². The van der Waals surface area contributed by atoms with Crippen LogP contribution in [0.1, 0.15) is 33.0 Å². The average molecular weight is 447 g/mol. The number of aryl methyl sites for hydroxylation is 1. The summed E-state index contributed by atoms with van der Waals surface area (Å²) in [5, 5.41) is 2.97. The zero-order valence-electron chi connectivity index (χ0n) is 18.8. The molecule has 1 heterocycles. The topological polar surface area (TPSA) is 58.6 Å². The van der Waals surface area contributed by atoms with E-state index in [-0.39, 0.29) is 23.5 Å². The van der Waals surface area contributed by atoms with Crippen LogP contribution in [-0.4, -0.2) is 36.9 Å². The molecule has 4 rings (SSSR count). The van der Waals surface area contributed by atoms with Crippen LogP contribution in [-0.2, 0) is 11.3 Å². The maximum atomic E-state index is 13.3. The molecule has 33 heavy (non-hydrogen) atoms. The molecule has 0 aromatic heterocycles. The third kappa shape index (κ3) is 5.06. The Morgan fingerprint density at radius 2 is 1.79 bits per heavy atom. The van der Waals surface area contributed by atoms with Gasteiger partial charge in [-0.2, -0.15) is 0 Å². The smallest absolute Gasteiger partial charge is 0.254 e. The Morgan fingerprint density at radius 1 is 1.03 bits per heavy atom. The zero-order chi connectivity index (χ0) is 23.4. The molecule has 5 nitrogen and oxygen atoms in total. The number of nitrogens with one attached hydrogen (secondary N) is 1. The normalized spacial score (nSPS) is 17.6. The summed E-state index contributed by atoms with van der Waals surface area (Å²) >= 11 is 0. The number of methoxy groups -OCH3 is 1. The number of likely N-dealkylation sites (tertiary alicyclic amines) is 1. The molecule has 6 heteroatoms. The number of hydrogen-bond donors (Lipinski definition) is 1. The van der Waals surface area contributed by atoms with E-state index in [4.69, 9.17) is 4.74 Å². The number of halogens is 1. The number of benzene rings is 3. The fourth-order valence-electron chi connectivity index (χ4n) is 4.35. The van der Waals surface area contributed by atoms with Gasteiger partial charge in [0.1, 0.15) is 11.6 Å². The predicted molar refractivity (Wildman–Crippen MR) is 125 cm³/mol. The fourth-order valence-corrected chi connectivity index (χ4v) is 4.35. The first-order valence-corrected chi connectivity index (χ1v) is 11.0. The average Bonchev–Trinajstić information content (AvgIpc) is 3.29. The Kier molecular flexibility index (Phi) is 6.73. The van der Waals surface area contributed by atoms with Crippen molar-refractivity contribution in [1.82, 2.24) is 10.2 Å². The second kappa shape index (κ2) is 9.86. The minimum atomic E-state index is -0.412. The van der Waals surface area contributed by atoms with E-state index in [1.807, 2.05) is 55.5 Å². The molecule has 2 amide bonds. The minimum Gasteiger partial charge on any atom is -0.497 e. The van der Waals surface area contributed by atoms with E-state index in [0.29, 0.717) is 30.9 Å². The van der Waals surface area contributed by atoms with Crippen LogP contribution in [0.15, 0.2) is 72.8 Å². The van der Waals surface area contributed by atoms with Crippen molar-refractivity contribution in [3.05, 3.63) is 101 Å². The first-order chi connectivity index (χ1) is 16.0. The van der Waals surface area contributed by atoms with Gasteiger partial charge in [-0.3, -0.25) is 9.59 Å². The second-order valence-electron chi connectivity index (χ2n) is 8.36. The van der Waals surface area contributed by atoms with Crippen LogP contribution in [0.3, 0.4) is 0 Å². The molecule has 1 N–H and O–H groups in total. The molecule has 1 aliphatic rings. The zero-order valence-corrected chi connectivity index (χ0v) is 18.8. The Bertz CT molecular complexity index is 1150. The molecule has 0 spiro atoms. The number of carbonyl (C=O) groups excluding carboxylic acids is 2. The molecular weight excluding hydrogens is 419 g/mol. The SMILES string of the molecule is COc1cccc([C@H]2CN(C(=O)c3ccccc3C)C[C@H]2C(=O)NCc2ccc(F)cc2)c1. The number of amides is 2. The number of rotatable bonds is 6. The quantitative estimate of drug-likeness (QED) is 0.614. The third-order valence-corrected chi connectivity index (χ3v) is 6.22. The van der Waals surface area contributed by atoms with Crippen molar-refractivity contribution in [1.29, 1.82) is 0 Å². The summed E-state index contributed by atoms with van der Waals surface area (Å²) in [7, 11) is 1.61. The lowest BCUT2D eigenvalue weighted by Crippen LogP contribution is -2.35. The van der Waals surface area contributed by atoms with Gasteiger partial charge in [0.25, 0.3) is 5.91 Å². The van der Waals surface area contributed by atoms with Crippen LogP contribution < -0.4 is 10.1 Å². The summed E-state index contributed by atoms with van der Waals surface area (Å²) in [4.78, 5) is 28.3. The number of hydrogen-bond acceptors (Lipinski definition) is 3. The van der Waals surface area contributed by atoms with Gasteiger partial charge in [0.05, 0.1) is 13.0 Å². The Labute approximate surface area is 193 Å². The van der Waals surface area contributed by atoms with Crippen LogP contribution in [0.5, 0.6) is 5.75 Å². The largest absolute Gasteiger partial charge is 0.497 e. The van der Waals surface area contributed by atoms with Crippen molar-refractivity contribution < 1.29 is 18.7 Å². The van der Waals surface area contributed by atoms with Gasteiger partial charge in [-0.25, -0.2) is 4.39 Å². The van der Waals surface area contributed by atoms with Gasteiger partial charge in [0.2, 0.25) is 5.91 Å². The molecule has 3 aromatic rings. The highest BCUT2D eigenvalue weighted by atomic mass is 19.1. The summed E-state index contributed by atoms with van der Waals surface area (Å²) in [6.45, 7) is 2.97. The molecule has 3 aromatic carbocycles. The summed E-state index contributed by atoms with van der Waals surface area (Å²) < 4.78 is 18.6. The lowest BCUT2D eigenvalue weighted by atomic mass is 9.88. The standard InChI is InChI=1S/C27H27FN2O3/c1-18-6-3-4-9-23(18)27(32)30-16-24(20-7-5-8-22(14-20)33-2)25(17-30)26(31)29-15-19-10-12-21(28)13-11-19/h3-14,24-25H,15-17H2,1-2H3,(H,29,31)/t24-,25-/m1/s1. The van der Waals surface area contributed by atoms with Gasteiger partial charge in [0, 0.05) is 31.1 Å². The van der Waals surface area contributed by atoms with E-state index in [1.165, 1.54) is 12.1 Å². The third-order valence-electron chi connectivity index (χ3n) is 6.22. The Balaban J connectivity index is 1.57. The highest BCUT2D eigenvalue weighted by Gasteiger charge is 2.40. The lowest BCUT2D eigenvalue weighted by Gasteiger charge is -2.19. The van der Waals surface area contributed by atoms with Gasteiger partial charge in [0.15, 0.2) is 0 Å². The molecular formula is C27H27FN2O3. The predicted octanol–water partition coefficient (Wildman–Crippen LogP) is 4.31. The van der Waals surface area contributed by atoms with E-state index in [1.54, 1.807) is 24.1 Å². The van der Waals surface area contributed by atoms with Gasteiger partial charge in [-0.05, 0) is 53.9 Å². The molecule has 0 aliphatic carbocycles. The summed E-state index contributed by atoms with van der Waals surface area (Å²) in [6.07, 6.45) is 0. The first kappa shape index (κ1) is 22.5. The van der Waals surface area contributed by atoms with Crippen molar-refractivity contribution in [2.24, 2.45) is 5.92 Å². The van der Waals surface area contributed by atoms with E-state index in [9.17, 15) is 14.0 Å². The lowest BCUT2D eigenvalue weighted by molar-refractivity contribution is -0.125. The molecule has 0 unspecified atom stereocenters. The minimum absolute atomic E-state index is 0.0742. The number of nitrogens with zero attached hydrogens (tertiary/aromatic N) is 1. The van der Waals surface area contributed by atoms with Crippen molar-refractivity contribution in [3.63, 3.8) is 0 Å². The molecule has 0 saturated carbocycles. The van der Waals surface area contributed by atoms with Crippen molar-refractivity contribution in [2.45, 2.75) is 19.4 Å². The maximum Gasteiger partial charge on any atom is 0.254 e. The van der Waals surface area contributed by atoms with Gasteiger partial charge in [-0.1, -0.05) is 42.5 Å². The van der Waals surface area contributed by atoms with Crippen molar-refractivity contribution >= 4 is 11.8 Å². The molecule has 1 saturated heterocycles. The molecule has 1 fully saturated rings. The second-order valence-corrected chi connectivity index (χ2v) is 8.36. The van der Waals surface area contributed by atoms with Gasteiger partial charge < -0.3 is 15.0 Å². The molecule has 0 bridgehead atoms. The number of ether oxygens (including phenoxy) is 1. The van der Waals surface area contributed by atoms with E-state index in [2.05, 4.69) is 5.32 Å². The summed E-state index contributed by atoms with van der Waals surface area (Å²) in [6, 6.07) is 21.2. The fraction of sp³-hybridized carbons (Fsp3) is 0.259. The number of carbonyl (C=O) groups is 2. The van der Waals surface area contributed by atoms with Crippen LogP contribution >= 0.6 is 0 Å². The Hall–Kier alpha value is -3.67. The monoisotopic (exact) mass is 446 g/mol. The van der Waals surface area contributed by atoms with Crippen LogP contribution in [0.4, 0.5) is 4.39 Å². The van der Waals surface area contributed by atoms with Gasteiger partial charge >= 0.3 is 0 Å². The molecule has 0 radical (unpaired) electrons. The van der Waals surface area contributed by atoms with Crippen LogP contribution in [0.2, 0.25) is 0 Å². The van der Waals surface area contributed by atoms with E-state index >= 15 is 0 Å². The first-order valence-electron chi connectivity index (χ1n) is 11.0.